The van der Waals surface area contributed by atoms with Crippen LogP contribution in [0.3, 0.4) is 0 Å². The van der Waals surface area contributed by atoms with Crippen molar-refractivity contribution in [2.24, 2.45) is 0 Å². The van der Waals surface area contributed by atoms with Crippen LogP contribution in [0.4, 0.5) is 9.18 Å². The summed E-state index contributed by atoms with van der Waals surface area (Å²) in [5.41, 5.74) is -0.342. The standard InChI is InChI=1S/C18H21BrFNO3/c1-17(2,3)24-16(22)21-8-6-18(7-9-21)5-4-12-10-13(19)11-14(20)15(12)23-18/h4-5,10-11H,6-9H2,1-3H3. The van der Waals surface area contributed by atoms with E-state index in [4.69, 9.17) is 9.47 Å². The third-order valence-electron chi connectivity index (χ3n) is 4.17. The highest BCUT2D eigenvalue weighted by Crippen LogP contribution is 2.40. The van der Waals surface area contributed by atoms with Gasteiger partial charge in [-0.2, -0.15) is 0 Å². The average molecular weight is 398 g/mol. The zero-order valence-electron chi connectivity index (χ0n) is 14.1. The summed E-state index contributed by atoms with van der Waals surface area (Å²) in [5.74, 6) is -0.0934. The molecule has 1 fully saturated rings. The van der Waals surface area contributed by atoms with Gasteiger partial charge >= 0.3 is 6.09 Å². The third-order valence-corrected chi connectivity index (χ3v) is 4.63. The average Bonchev–Trinajstić information content (AvgIpc) is 2.47. The largest absolute Gasteiger partial charge is 0.479 e. The topological polar surface area (TPSA) is 38.8 Å². The van der Waals surface area contributed by atoms with Gasteiger partial charge in [0.05, 0.1) is 0 Å². The second-order valence-corrected chi connectivity index (χ2v) is 8.19. The van der Waals surface area contributed by atoms with Crippen molar-refractivity contribution in [1.29, 1.82) is 0 Å². The maximum atomic E-state index is 14.2. The van der Waals surface area contributed by atoms with Crippen molar-refractivity contribution >= 4 is 28.1 Å². The Morgan fingerprint density at radius 2 is 2.00 bits per heavy atom. The SMILES string of the molecule is CC(C)(C)OC(=O)N1CCC2(C=Cc3cc(Br)cc(F)c3O2)CC1. The Kier molecular flexibility index (Phi) is 4.36. The van der Waals surface area contributed by atoms with Crippen molar-refractivity contribution in [3.05, 3.63) is 34.1 Å². The first kappa shape index (κ1) is 17.3. The molecule has 1 spiro atoms. The van der Waals surface area contributed by atoms with Gasteiger partial charge in [-0.25, -0.2) is 9.18 Å². The molecule has 0 N–H and O–H groups in total. The van der Waals surface area contributed by atoms with Crippen molar-refractivity contribution in [3.63, 3.8) is 0 Å². The van der Waals surface area contributed by atoms with Gasteiger partial charge < -0.3 is 14.4 Å². The van der Waals surface area contributed by atoms with Crippen molar-refractivity contribution < 1.29 is 18.7 Å². The molecule has 1 aromatic carbocycles. The van der Waals surface area contributed by atoms with Crippen LogP contribution in [0.2, 0.25) is 0 Å². The third kappa shape index (κ3) is 3.58. The van der Waals surface area contributed by atoms with Gasteiger partial charge in [0.1, 0.15) is 11.2 Å². The fourth-order valence-corrected chi connectivity index (χ4v) is 3.40. The number of ether oxygens (including phenoxy) is 2. The summed E-state index contributed by atoms with van der Waals surface area (Å²) in [7, 11) is 0. The van der Waals surface area contributed by atoms with Crippen LogP contribution in [-0.2, 0) is 4.74 Å². The molecule has 1 aromatic rings. The van der Waals surface area contributed by atoms with E-state index >= 15 is 0 Å². The molecule has 1 saturated heterocycles. The van der Waals surface area contributed by atoms with Gasteiger partial charge in [-0.1, -0.05) is 22.0 Å². The molecule has 0 radical (unpaired) electrons. The van der Waals surface area contributed by atoms with Crippen LogP contribution in [0.25, 0.3) is 6.08 Å². The summed E-state index contributed by atoms with van der Waals surface area (Å²) in [6, 6.07) is 3.24. The molecule has 0 saturated carbocycles. The number of fused-ring (bicyclic) bond motifs is 1. The second-order valence-electron chi connectivity index (χ2n) is 7.27. The molecule has 0 unspecified atom stereocenters. The van der Waals surface area contributed by atoms with Crippen LogP contribution in [0, 0.1) is 5.82 Å². The lowest BCUT2D eigenvalue weighted by molar-refractivity contribution is -0.00197. The molecular formula is C18H21BrFNO3. The summed E-state index contributed by atoms with van der Waals surface area (Å²) in [5, 5.41) is 0. The number of carbonyl (C=O) groups excluding carboxylic acids is 1. The minimum Gasteiger partial charge on any atom is -0.479 e. The highest BCUT2D eigenvalue weighted by atomic mass is 79.9. The first-order chi connectivity index (χ1) is 11.2. The molecule has 4 nitrogen and oxygen atoms in total. The number of piperidine rings is 1. The quantitative estimate of drug-likeness (QED) is 0.633. The maximum absolute atomic E-state index is 14.2. The summed E-state index contributed by atoms with van der Waals surface area (Å²) >= 11 is 3.29. The van der Waals surface area contributed by atoms with E-state index in [2.05, 4.69) is 15.9 Å². The van der Waals surface area contributed by atoms with Crippen molar-refractivity contribution in [2.45, 2.75) is 44.8 Å². The molecule has 6 heteroatoms. The minimum atomic E-state index is -0.555. The molecule has 24 heavy (non-hydrogen) atoms. The molecule has 0 aliphatic carbocycles. The number of rotatable bonds is 0. The maximum Gasteiger partial charge on any atom is 0.410 e. The van der Waals surface area contributed by atoms with E-state index in [1.807, 2.05) is 39.0 Å². The Balaban J connectivity index is 1.70. The van der Waals surface area contributed by atoms with E-state index in [9.17, 15) is 9.18 Å². The summed E-state index contributed by atoms with van der Waals surface area (Å²) in [6.45, 7) is 6.59. The number of likely N-dealkylation sites (tertiary alicyclic amines) is 1. The van der Waals surface area contributed by atoms with Crippen LogP contribution in [0.5, 0.6) is 5.75 Å². The van der Waals surface area contributed by atoms with Crippen LogP contribution in [0.1, 0.15) is 39.2 Å². The number of nitrogens with zero attached hydrogens (tertiary/aromatic N) is 1. The van der Waals surface area contributed by atoms with Crippen LogP contribution < -0.4 is 4.74 Å². The predicted octanol–water partition coefficient (Wildman–Crippen LogP) is 4.76. The Morgan fingerprint density at radius 3 is 2.62 bits per heavy atom. The first-order valence-corrected chi connectivity index (χ1v) is 8.82. The van der Waals surface area contributed by atoms with Gasteiger partial charge in [-0.05, 0) is 39.0 Å². The van der Waals surface area contributed by atoms with E-state index in [1.165, 1.54) is 6.07 Å². The predicted molar refractivity (Wildman–Crippen MR) is 93.5 cm³/mol. The van der Waals surface area contributed by atoms with E-state index < -0.39 is 11.2 Å². The molecule has 2 heterocycles. The molecule has 2 aliphatic rings. The molecule has 0 atom stereocenters. The highest BCUT2D eigenvalue weighted by molar-refractivity contribution is 9.10. The summed E-state index contributed by atoms with van der Waals surface area (Å²) in [6.07, 6.45) is 4.78. The Bertz CT molecular complexity index is 688. The zero-order valence-corrected chi connectivity index (χ0v) is 15.7. The minimum absolute atomic E-state index is 0.284. The van der Waals surface area contributed by atoms with Crippen LogP contribution >= 0.6 is 15.9 Å². The molecule has 2 aliphatic heterocycles. The Morgan fingerprint density at radius 1 is 1.33 bits per heavy atom. The van der Waals surface area contributed by atoms with Gasteiger partial charge in [-0.3, -0.25) is 0 Å². The fraction of sp³-hybridized carbons (Fsp3) is 0.500. The molecular weight excluding hydrogens is 377 g/mol. The number of amides is 1. The fourth-order valence-electron chi connectivity index (χ4n) is 2.95. The Labute approximate surface area is 149 Å². The lowest BCUT2D eigenvalue weighted by atomic mass is 9.88. The summed E-state index contributed by atoms with van der Waals surface area (Å²) < 4.78 is 26.3. The van der Waals surface area contributed by atoms with Gasteiger partial charge in [0.2, 0.25) is 0 Å². The highest BCUT2D eigenvalue weighted by Gasteiger charge is 2.39. The molecule has 130 valence electrons. The molecule has 0 bridgehead atoms. The van der Waals surface area contributed by atoms with Gasteiger partial charge in [0.25, 0.3) is 0 Å². The van der Waals surface area contributed by atoms with Crippen molar-refractivity contribution in [3.8, 4) is 5.75 Å². The lowest BCUT2D eigenvalue weighted by Crippen LogP contribution is -2.50. The number of halogens is 2. The number of hydrogen-bond acceptors (Lipinski definition) is 3. The second kappa shape index (κ2) is 6.06. The van der Waals surface area contributed by atoms with Gasteiger partial charge in [0, 0.05) is 36.0 Å². The number of carbonyl (C=O) groups is 1. The van der Waals surface area contributed by atoms with E-state index in [-0.39, 0.29) is 17.7 Å². The molecule has 0 aromatic heterocycles. The monoisotopic (exact) mass is 397 g/mol. The number of hydrogen-bond donors (Lipinski definition) is 0. The van der Waals surface area contributed by atoms with Crippen LogP contribution in [-0.4, -0.2) is 35.3 Å². The van der Waals surface area contributed by atoms with Crippen molar-refractivity contribution in [2.75, 3.05) is 13.1 Å². The first-order valence-electron chi connectivity index (χ1n) is 8.03. The number of benzene rings is 1. The molecule has 3 rings (SSSR count). The lowest BCUT2D eigenvalue weighted by Gasteiger charge is -2.42. The normalized spacial score (nSPS) is 19.0. The van der Waals surface area contributed by atoms with E-state index in [0.29, 0.717) is 30.4 Å². The summed E-state index contributed by atoms with van der Waals surface area (Å²) in [4.78, 5) is 13.8. The van der Waals surface area contributed by atoms with Gasteiger partial charge in [0.15, 0.2) is 11.6 Å². The van der Waals surface area contributed by atoms with Gasteiger partial charge in [-0.15, -0.1) is 0 Å². The van der Waals surface area contributed by atoms with E-state index in [0.717, 1.165) is 5.56 Å². The van der Waals surface area contributed by atoms with E-state index in [1.54, 1.807) is 4.90 Å². The Hall–Kier alpha value is -1.56. The van der Waals surface area contributed by atoms with Crippen LogP contribution in [0.15, 0.2) is 22.7 Å². The molecule has 1 amide bonds. The smallest absolute Gasteiger partial charge is 0.410 e. The zero-order chi connectivity index (χ0) is 17.5. The van der Waals surface area contributed by atoms with Crippen molar-refractivity contribution in [1.82, 2.24) is 4.90 Å².